The number of amides is 1. The Hall–Kier alpha value is -1.39. The zero-order valence-electron chi connectivity index (χ0n) is 11.1. The molecule has 1 heterocycles. The van der Waals surface area contributed by atoms with Crippen LogP contribution in [0, 0.1) is 13.8 Å². The van der Waals surface area contributed by atoms with Crippen LogP contribution in [0.2, 0.25) is 0 Å². The number of benzene rings is 1. The Kier molecular flexibility index (Phi) is 3.99. The number of carbonyl (C=O) groups is 1. The molecule has 1 aliphatic heterocycles. The van der Waals surface area contributed by atoms with E-state index in [1.165, 1.54) is 16.7 Å². The van der Waals surface area contributed by atoms with Crippen LogP contribution in [0.15, 0.2) is 18.2 Å². The molecule has 3 N–H and O–H groups in total. The van der Waals surface area contributed by atoms with E-state index in [0.717, 1.165) is 19.6 Å². The molecular formula is C14H21N3O. The van der Waals surface area contributed by atoms with Gasteiger partial charge in [-0.3, -0.25) is 9.69 Å². The first-order valence-electron chi connectivity index (χ1n) is 6.38. The van der Waals surface area contributed by atoms with Gasteiger partial charge in [0.25, 0.3) is 0 Å². The Morgan fingerprint density at radius 3 is 3.00 bits per heavy atom. The lowest BCUT2D eigenvalue weighted by Crippen LogP contribution is -2.56. The largest absolute Gasteiger partial charge is 0.368 e. The standard InChI is InChI=1S/C14H21N3O/c1-10-3-4-11(2)12(7-10)9-17-6-5-16-8-13(17)14(15)18/h3-4,7,13,16H,5-6,8-9H2,1-2H3,(H2,15,18). The van der Waals surface area contributed by atoms with E-state index in [-0.39, 0.29) is 11.9 Å². The summed E-state index contributed by atoms with van der Waals surface area (Å²) in [6, 6.07) is 6.24. The van der Waals surface area contributed by atoms with Gasteiger partial charge in [-0.05, 0) is 25.0 Å². The van der Waals surface area contributed by atoms with Crippen molar-refractivity contribution in [2.75, 3.05) is 19.6 Å². The van der Waals surface area contributed by atoms with Gasteiger partial charge in [-0.1, -0.05) is 23.8 Å². The molecule has 0 aromatic heterocycles. The molecule has 1 saturated heterocycles. The lowest BCUT2D eigenvalue weighted by molar-refractivity contribution is -0.124. The van der Waals surface area contributed by atoms with Crippen LogP contribution in [0.3, 0.4) is 0 Å². The second-order valence-corrected chi connectivity index (χ2v) is 5.02. The fourth-order valence-corrected chi connectivity index (χ4v) is 2.41. The van der Waals surface area contributed by atoms with Crippen LogP contribution in [0.25, 0.3) is 0 Å². The molecule has 4 heteroatoms. The van der Waals surface area contributed by atoms with E-state index in [0.29, 0.717) is 6.54 Å². The number of primary amides is 1. The Labute approximate surface area is 108 Å². The Morgan fingerprint density at radius 2 is 2.28 bits per heavy atom. The zero-order valence-corrected chi connectivity index (χ0v) is 11.1. The van der Waals surface area contributed by atoms with Gasteiger partial charge in [-0.15, -0.1) is 0 Å². The molecule has 18 heavy (non-hydrogen) atoms. The minimum Gasteiger partial charge on any atom is -0.368 e. The van der Waals surface area contributed by atoms with E-state index >= 15 is 0 Å². The predicted octanol–water partition coefficient (Wildman–Crippen LogP) is 0.563. The summed E-state index contributed by atoms with van der Waals surface area (Å²) in [4.78, 5) is 13.6. The molecule has 0 bridgehead atoms. The highest BCUT2D eigenvalue weighted by Gasteiger charge is 2.26. The zero-order chi connectivity index (χ0) is 13.1. The molecular weight excluding hydrogens is 226 g/mol. The number of nitrogens with two attached hydrogens (primary N) is 1. The van der Waals surface area contributed by atoms with E-state index in [4.69, 9.17) is 5.73 Å². The van der Waals surface area contributed by atoms with Crippen LogP contribution in [-0.2, 0) is 11.3 Å². The van der Waals surface area contributed by atoms with Crippen molar-refractivity contribution in [1.29, 1.82) is 0 Å². The SMILES string of the molecule is Cc1ccc(C)c(CN2CCNCC2C(N)=O)c1. The summed E-state index contributed by atoms with van der Waals surface area (Å²) in [5.41, 5.74) is 9.26. The Morgan fingerprint density at radius 1 is 1.50 bits per heavy atom. The van der Waals surface area contributed by atoms with Gasteiger partial charge in [0.05, 0.1) is 0 Å². The lowest BCUT2D eigenvalue weighted by atomic mass is 10.0. The molecule has 0 spiro atoms. The topological polar surface area (TPSA) is 58.4 Å². The van der Waals surface area contributed by atoms with Crippen molar-refractivity contribution in [2.24, 2.45) is 5.73 Å². The van der Waals surface area contributed by atoms with E-state index in [9.17, 15) is 4.79 Å². The first-order chi connectivity index (χ1) is 8.58. The molecule has 1 aromatic rings. The van der Waals surface area contributed by atoms with Gasteiger partial charge in [-0.2, -0.15) is 0 Å². The molecule has 2 rings (SSSR count). The fourth-order valence-electron chi connectivity index (χ4n) is 2.41. The monoisotopic (exact) mass is 247 g/mol. The summed E-state index contributed by atoms with van der Waals surface area (Å²) >= 11 is 0. The number of nitrogens with one attached hydrogen (secondary N) is 1. The number of aryl methyl sites for hydroxylation is 2. The molecule has 1 fully saturated rings. The first-order valence-corrected chi connectivity index (χ1v) is 6.38. The third-order valence-electron chi connectivity index (χ3n) is 3.56. The predicted molar refractivity (Wildman–Crippen MR) is 72.2 cm³/mol. The van der Waals surface area contributed by atoms with Crippen molar-refractivity contribution in [3.63, 3.8) is 0 Å². The van der Waals surface area contributed by atoms with Gasteiger partial charge >= 0.3 is 0 Å². The molecule has 4 nitrogen and oxygen atoms in total. The summed E-state index contributed by atoms with van der Waals surface area (Å²) in [5.74, 6) is -0.243. The normalized spacial score (nSPS) is 20.9. The highest BCUT2D eigenvalue weighted by molar-refractivity contribution is 5.80. The number of piperazine rings is 1. The molecule has 1 unspecified atom stereocenters. The highest BCUT2D eigenvalue weighted by atomic mass is 16.1. The van der Waals surface area contributed by atoms with Crippen LogP contribution in [0.5, 0.6) is 0 Å². The Balaban J connectivity index is 2.15. The average Bonchev–Trinajstić information content (AvgIpc) is 2.34. The van der Waals surface area contributed by atoms with Crippen LogP contribution in [0.4, 0.5) is 0 Å². The van der Waals surface area contributed by atoms with Crippen molar-refractivity contribution in [2.45, 2.75) is 26.4 Å². The fraction of sp³-hybridized carbons (Fsp3) is 0.500. The second-order valence-electron chi connectivity index (χ2n) is 5.02. The van der Waals surface area contributed by atoms with Gasteiger partial charge in [0, 0.05) is 26.2 Å². The number of rotatable bonds is 3. The second kappa shape index (κ2) is 5.50. The molecule has 0 saturated carbocycles. The summed E-state index contributed by atoms with van der Waals surface area (Å²) < 4.78 is 0. The summed E-state index contributed by atoms with van der Waals surface area (Å²) in [7, 11) is 0. The maximum Gasteiger partial charge on any atom is 0.236 e. The van der Waals surface area contributed by atoms with Crippen LogP contribution in [0.1, 0.15) is 16.7 Å². The molecule has 0 aliphatic carbocycles. The maximum absolute atomic E-state index is 11.4. The van der Waals surface area contributed by atoms with Crippen LogP contribution >= 0.6 is 0 Å². The number of hydrogen-bond acceptors (Lipinski definition) is 3. The van der Waals surface area contributed by atoms with Crippen LogP contribution in [-0.4, -0.2) is 36.5 Å². The van der Waals surface area contributed by atoms with E-state index in [1.807, 2.05) is 0 Å². The molecule has 1 amide bonds. The molecule has 1 atom stereocenters. The minimum atomic E-state index is -0.243. The van der Waals surface area contributed by atoms with Crippen LogP contribution < -0.4 is 11.1 Å². The van der Waals surface area contributed by atoms with Gasteiger partial charge < -0.3 is 11.1 Å². The van der Waals surface area contributed by atoms with Crippen molar-refractivity contribution < 1.29 is 4.79 Å². The molecule has 0 radical (unpaired) electrons. The van der Waals surface area contributed by atoms with Gasteiger partial charge in [0.2, 0.25) is 5.91 Å². The van der Waals surface area contributed by atoms with Gasteiger partial charge in [-0.25, -0.2) is 0 Å². The average molecular weight is 247 g/mol. The van der Waals surface area contributed by atoms with Crippen molar-refractivity contribution in [3.8, 4) is 0 Å². The summed E-state index contributed by atoms with van der Waals surface area (Å²) in [6.45, 7) is 7.42. The smallest absolute Gasteiger partial charge is 0.236 e. The van der Waals surface area contributed by atoms with Crippen molar-refractivity contribution in [1.82, 2.24) is 10.2 Å². The summed E-state index contributed by atoms with van der Waals surface area (Å²) in [6.07, 6.45) is 0. The highest BCUT2D eigenvalue weighted by Crippen LogP contribution is 2.15. The third kappa shape index (κ3) is 2.89. The quantitative estimate of drug-likeness (QED) is 0.820. The molecule has 1 aromatic carbocycles. The van der Waals surface area contributed by atoms with E-state index in [1.54, 1.807) is 0 Å². The number of nitrogens with zero attached hydrogens (tertiary/aromatic N) is 1. The first kappa shape index (κ1) is 13.1. The summed E-state index contributed by atoms with van der Waals surface area (Å²) in [5, 5.41) is 3.22. The maximum atomic E-state index is 11.4. The van der Waals surface area contributed by atoms with E-state index in [2.05, 4.69) is 42.3 Å². The minimum absolute atomic E-state index is 0.196. The van der Waals surface area contributed by atoms with Gasteiger partial charge in [0.15, 0.2) is 0 Å². The van der Waals surface area contributed by atoms with Crippen molar-refractivity contribution >= 4 is 5.91 Å². The number of hydrogen-bond donors (Lipinski definition) is 2. The van der Waals surface area contributed by atoms with Crippen molar-refractivity contribution in [3.05, 3.63) is 34.9 Å². The van der Waals surface area contributed by atoms with Gasteiger partial charge in [0.1, 0.15) is 6.04 Å². The Bertz CT molecular complexity index is 445. The molecule has 1 aliphatic rings. The van der Waals surface area contributed by atoms with E-state index < -0.39 is 0 Å². The number of carbonyl (C=O) groups excluding carboxylic acids is 1. The molecule has 98 valence electrons. The third-order valence-corrected chi connectivity index (χ3v) is 3.56. The lowest BCUT2D eigenvalue weighted by Gasteiger charge is -2.34.